The first-order valence-corrected chi connectivity index (χ1v) is 13.2. The van der Waals surface area contributed by atoms with Gasteiger partial charge in [0.2, 0.25) is 5.91 Å². The molecule has 2 aromatic carbocycles. The number of amides is 1. The van der Waals surface area contributed by atoms with Crippen LogP contribution in [0.3, 0.4) is 0 Å². The molecule has 9 nitrogen and oxygen atoms in total. The molecule has 4 rings (SSSR count). The molecule has 1 aliphatic carbocycles. The van der Waals surface area contributed by atoms with Crippen LogP contribution in [0.2, 0.25) is 0 Å². The Bertz CT molecular complexity index is 1420. The third kappa shape index (κ3) is 6.38. The second-order valence-electron chi connectivity index (χ2n) is 10.6. The zero-order chi connectivity index (χ0) is 28.2. The highest BCUT2D eigenvalue weighted by Gasteiger charge is 2.41. The molecule has 3 N–H and O–H groups in total. The molecule has 0 saturated heterocycles. The van der Waals surface area contributed by atoms with Gasteiger partial charge in [0.1, 0.15) is 11.9 Å². The molecule has 0 bridgehead atoms. The van der Waals surface area contributed by atoms with Gasteiger partial charge in [-0.05, 0) is 67.6 Å². The quantitative estimate of drug-likeness (QED) is 0.364. The third-order valence-corrected chi connectivity index (χ3v) is 7.76. The highest BCUT2D eigenvalue weighted by molar-refractivity contribution is 5.86. The van der Waals surface area contributed by atoms with Gasteiger partial charge < -0.3 is 25.1 Å². The van der Waals surface area contributed by atoms with Gasteiger partial charge in [0.15, 0.2) is 5.58 Å². The summed E-state index contributed by atoms with van der Waals surface area (Å²) in [4.78, 5) is 27.3. The average Bonchev–Trinajstić information content (AvgIpc) is 3.19. The van der Waals surface area contributed by atoms with Crippen molar-refractivity contribution in [2.75, 3.05) is 33.9 Å². The van der Waals surface area contributed by atoms with Crippen LogP contribution < -0.4 is 16.8 Å². The van der Waals surface area contributed by atoms with E-state index in [1.807, 2.05) is 13.1 Å². The van der Waals surface area contributed by atoms with E-state index >= 15 is 4.39 Å². The first kappa shape index (κ1) is 28.5. The van der Waals surface area contributed by atoms with Crippen molar-refractivity contribution in [2.45, 2.75) is 50.7 Å². The van der Waals surface area contributed by atoms with Gasteiger partial charge in [0.25, 0.3) is 0 Å². The van der Waals surface area contributed by atoms with E-state index in [0.29, 0.717) is 41.9 Å². The third-order valence-electron chi connectivity index (χ3n) is 7.76. The number of nitrogens with zero attached hydrogens (tertiary/aromatic N) is 3. The maximum Gasteiger partial charge on any atom is 0.419 e. The first-order chi connectivity index (χ1) is 18.6. The summed E-state index contributed by atoms with van der Waals surface area (Å²) in [6, 6.07) is 11.2. The fourth-order valence-corrected chi connectivity index (χ4v) is 4.83. The van der Waals surface area contributed by atoms with E-state index in [-0.39, 0.29) is 18.2 Å². The number of hydrogen-bond acceptors (Lipinski definition) is 7. The number of rotatable bonds is 12. The molecule has 0 unspecified atom stereocenters. The first-order valence-electron chi connectivity index (χ1n) is 13.2. The lowest BCUT2D eigenvalue weighted by atomic mass is 9.71. The molecule has 1 amide bonds. The van der Waals surface area contributed by atoms with Gasteiger partial charge in [-0.3, -0.25) is 9.36 Å². The van der Waals surface area contributed by atoms with E-state index in [1.54, 1.807) is 42.9 Å². The van der Waals surface area contributed by atoms with Crippen molar-refractivity contribution in [1.82, 2.24) is 14.8 Å². The van der Waals surface area contributed by atoms with Crippen molar-refractivity contribution in [3.63, 3.8) is 0 Å². The second kappa shape index (κ2) is 12.1. The number of carbonyl (C=O) groups is 1. The number of likely N-dealkylation sites (N-methyl/N-ethyl adjacent to an activating group) is 1. The fourth-order valence-electron chi connectivity index (χ4n) is 4.83. The normalized spacial score (nSPS) is 16.0. The van der Waals surface area contributed by atoms with Crippen LogP contribution in [0, 0.1) is 23.1 Å². The topological polar surface area (TPSA) is 127 Å². The predicted octanol–water partition coefficient (Wildman–Crippen LogP) is 3.05. The lowest BCUT2D eigenvalue weighted by Crippen LogP contribution is -2.60. The molecule has 1 heterocycles. The van der Waals surface area contributed by atoms with E-state index in [2.05, 4.69) is 16.3 Å². The molecule has 39 heavy (non-hydrogen) atoms. The maximum absolute atomic E-state index is 15.2. The summed E-state index contributed by atoms with van der Waals surface area (Å²) in [5, 5.41) is 12.3. The molecule has 0 radical (unpaired) electrons. The van der Waals surface area contributed by atoms with Crippen molar-refractivity contribution in [1.29, 1.82) is 5.26 Å². The van der Waals surface area contributed by atoms with Gasteiger partial charge in [-0.15, -0.1) is 0 Å². The van der Waals surface area contributed by atoms with Crippen LogP contribution in [0.1, 0.15) is 31.7 Å². The van der Waals surface area contributed by atoms with Crippen molar-refractivity contribution < 1.29 is 18.3 Å². The van der Waals surface area contributed by atoms with Gasteiger partial charge >= 0.3 is 5.76 Å². The summed E-state index contributed by atoms with van der Waals surface area (Å²) < 4.78 is 27.2. The van der Waals surface area contributed by atoms with Gasteiger partial charge in [0.05, 0.1) is 23.7 Å². The Labute approximate surface area is 227 Å². The Hall–Kier alpha value is -3.52. The van der Waals surface area contributed by atoms with Crippen LogP contribution in [0.4, 0.5) is 4.39 Å². The second-order valence-corrected chi connectivity index (χ2v) is 10.6. The van der Waals surface area contributed by atoms with Crippen LogP contribution in [0.25, 0.3) is 22.2 Å². The molecule has 0 aliphatic heterocycles. The average molecular weight is 538 g/mol. The smallest absolute Gasteiger partial charge is 0.408 e. The van der Waals surface area contributed by atoms with E-state index < -0.39 is 23.2 Å². The van der Waals surface area contributed by atoms with Crippen molar-refractivity contribution in [3.8, 4) is 17.2 Å². The van der Waals surface area contributed by atoms with Gasteiger partial charge in [0, 0.05) is 33.2 Å². The number of hydrogen-bond donors (Lipinski definition) is 2. The molecule has 1 fully saturated rings. The van der Waals surface area contributed by atoms with Crippen LogP contribution >= 0.6 is 0 Å². The van der Waals surface area contributed by atoms with E-state index in [1.165, 1.54) is 6.07 Å². The number of nitrogens with two attached hydrogens (primary N) is 1. The molecule has 1 aliphatic rings. The molecular formula is C29H36FN5O4. The lowest BCUT2D eigenvalue weighted by molar-refractivity contribution is -0.129. The van der Waals surface area contributed by atoms with Crippen LogP contribution in [0.5, 0.6) is 0 Å². The predicted molar refractivity (Wildman–Crippen MR) is 146 cm³/mol. The standard InChI is InChI=1S/C29H36FN5O4/c1-29(32,22-5-4-6-22)27(36)33-23(18-31)15-21-8-7-19(16-24(21)30)20-9-10-26-25(17-20)35(28(37)39-26)12-11-34(2)13-14-38-3/h7-10,16-17,22-23H,4-6,11-15,32H2,1-3H3,(H,33,36)/t23-,29+/m0/s1. The number of benzene rings is 2. The van der Waals surface area contributed by atoms with Crippen LogP contribution in [-0.4, -0.2) is 60.8 Å². The van der Waals surface area contributed by atoms with E-state index in [4.69, 9.17) is 14.9 Å². The number of oxazole rings is 1. The number of carbonyl (C=O) groups excluding carboxylic acids is 1. The lowest BCUT2D eigenvalue weighted by Gasteiger charge is -2.39. The molecular weight excluding hydrogens is 501 g/mol. The van der Waals surface area contributed by atoms with E-state index in [9.17, 15) is 14.9 Å². The minimum atomic E-state index is -1.05. The Morgan fingerprint density at radius 1 is 1.31 bits per heavy atom. The summed E-state index contributed by atoms with van der Waals surface area (Å²) in [5.74, 6) is -1.23. The van der Waals surface area contributed by atoms with Gasteiger partial charge in [-0.25, -0.2) is 9.18 Å². The van der Waals surface area contributed by atoms with Crippen molar-refractivity contribution in [2.24, 2.45) is 11.7 Å². The largest absolute Gasteiger partial charge is 0.419 e. The minimum absolute atomic E-state index is 0.0198. The molecule has 1 saturated carbocycles. The Morgan fingerprint density at radius 3 is 2.67 bits per heavy atom. The minimum Gasteiger partial charge on any atom is -0.408 e. The van der Waals surface area contributed by atoms with Crippen molar-refractivity contribution >= 4 is 17.0 Å². The number of halogens is 1. The Balaban J connectivity index is 1.48. The number of fused-ring (bicyclic) bond motifs is 1. The Kier molecular flexibility index (Phi) is 8.85. The molecule has 10 heteroatoms. The SMILES string of the molecule is COCCN(C)CCn1c(=O)oc2ccc(-c3ccc(C[C@@H](C#N)NC(=O)[C@](C)(N)C4CCC4)c(F)c3)cc21. The van der Waals surface area contributed by atoms with Gasteiger partial charge in [-0.2, -0.15) is 5.26 Å². The molecule has 1 aromatic heterocycles. The number of aromatic nitrogens is 1. The Morgan fingerprint density at radius 2 is 2.03 bits per heavy atom. The summed E-state index contributed by atoms with van der Waals surface area (Å²) in [6.45, 7) is 4.09. The summed E-state index contributed by atoms with van der Waals surface area (Å²) in [7, 11) is 3.60. The highest BCUT2D eigenvalue weighted by Crippen LogP contribution is 2.35. The molecule has 2 atom stereocenters. The highest BCUT2D eigenvalue weighted by atomic mass is 19.1. The summed E-state index contributed by atoms with van der Waals surface area (Å²) in [5.41, 5.74) is 7.94. The van der Waals surface area contributed by atoms with Crippen molar-refractivity contribution in [3.05, 3.63) is 58.3 Å². The molecule has 3 aromatic rings. The van der Waals surface area contributed by atoms with Gasteiger partial charge in [-0.1, -0.05) is 24.6 Å². The summed E-state index contributed by atoms with van der Waals surface area (Å²) in [6.07, 6.45) is 2.84. The monoisotopic (exact) mass is 537 g/mol. The number of nitrogens with one attached hydrogen (secondary N) is 1. The number of methoxy groups -OCH3 is 1. The summed E-state index contributed by atoms with van der Waals surface area (Å²) >= 11 is 0. The number of nitriles is 1. The van der Waals surface area contributed by atoms with E-state index in [0.717, 1.165) is 31.4 Å². The molecule has 0 spiro atoms. The molecule has 208 valence electrons. The number of ether oxygens (including phenoxy) is 1. The zero-order valence-electron chi connectivity index (χ0n) is 22.7. The maximum atomic E-state index is 15.2. The fraction of sp³-hybridized carbons (Fsp3) is 0.483. The van der Waals surface area contributed by atoms with Crippen LogP contribution in [0.15, 0.2) is 45.6 Å². The van der Waals surface area contributed by atoms with Crippen LogP contribution in [-0.2, 0) is 22.5 Å². The zero-order valence-corrected chi connectivity index (χ0v) is 22.7.